The first-order valence-corrected chi connectivity index (χ1v) is 10.3. The molecule has 2 aliphatic heterocycles. The highest BCUT2D eigenvalue weighted by Gasteiger charge is 2.23. The molecular weight excluding hydrogens is 479 g/mol. The fraction of sp³-hybridized carbons (Fsp3) is 0.600. The SMILES string of the molecule is CCNC(=NCC1CCc2nnc(C)n2C1)N1CCN(c2ccccn2)CC1.I. The van der Waals surface area contributed by atoms with Crippen LogP contribution in [0.4, 0.5) is 5.82 Å². The third kappa shape index (κ3) is 5.18. The van der Waals surface area contributed by atoms with Crippen LogP contribution in [-0.2, 0) is 13.0 Å². The number of aliphatic imine (C=N–C) groups is 1. The maximum atomic E-state index is 4.99. The first-order chi connectivity index (χ1) is 13.7. The molecule has 8 nitrogen and oxygen atoms in total. The second kappa shape index (κ2) is 10.2. The molecule has 0 spiro atoms. The Balaban J connectivity index is 0.00000240. The van der Waals surface area contributed by atoms with E-state index in [0.717, 1.165) is 82.1 Å². The summed E-state index contributed by atoms with van der Waals surface area (Å²) in [5, 5.41) is 12.0. The number of aryl methyl sites for hydroxylation is 2. The second-order valence-corrected chi connectivity index (χ2v) is 7.54. The Bertz CT molecular complexity index is 798. The number of nitrogens with zero attached hydrogens (tertiary/aromatic N) is 7. The van der Waals surface area contributed by atoms with Gasteiger partial charge >= 0.3 is 0 Å². The largest absolute Gasteiger partial charge is 0.357 e. The van der Waals surface area contributed by atoms with E-state index in [1.165, 1.54) is 0 Å². The van der Waals surface area contributed by atoms with Crippen molar-refractivity contribution < 1.29 is 0 Å². The molecule has 1 saturated heterocycles. The maximum Gasteiger partial charge on any atom is 0.194 e. The minimum atomic E-state index is 0. The van der Waals surface area contributed by atoms with Gasteiger partial charge in [-0.15, -0.1) is 34.2 Å². The van der Waals surface area contributed by atoms with Crippen LogP contribution in [0.2, 0.25) is 0 Å². The summed E-state index contributed by atoms with van der Waals surface area (Å²) in [6, 6.07) is 6.10. The van der Waals surface area contributed by atoms with Crippen molar-refractivity contribution in [2.75, 3.05) is 44.2 Å². The molecule has 29 heavy (non-hydrogen) atoms. The number of hydrogen-bond acceptors (Lipinski definition) is 5. The lowest BCUT2D eigenvalue weighted by atomic mass is 9.99. The molecule has 2 aromatic rings. The van der Waals surface area contributed by atoms with Crippen LogP contribution in [0.3, 0.4) is 0 Å². The normalized spacial score (nSPS) is 19.5. The van der Waals surface area contributed by atoms with Crippen molar-refractivity contribution in [3.05, 3.63) is 36.0 Å². The van der Waals surface area contributed by atoms with Crippen LogP contribution in [0.1, 0.15) is 25.0 Å². The van der Waals surface area contributed by atoms with Crippen molar-refractivity contribution in [1.29, 1.82) is 0 Å². The second-order valence-electron chi connectivity index (χ2n) is 7.54. The number of guanidine groups is 1. The van der Waals surface area contributed by atoms with E-state index >= 15 is 0 Å². The molecule has 0 bridgehead atoms. The molecule has 1 atom stereocenters. The smallest absolute Gasteiger partial charge is 0.194 e. The van der Waals surface area contributed by atoms with Crippen molar-refractivity contribution in [1.82, 2.24) is 30.0 Å². The predicted octanol–water partition coefficient (Wildman–Crippen LogP) is 1.95. The number of rotatable bonds is 4. The van der Waals surface area contributed by atoms with E-state index in [0.29, 0.717) is 5.92 Å². The van der Waals surface area contributed by atoms with E-state index in [-0.39, 0.29) is 24.0 Å². The lowest BCUT2D eigenvalue weighted by molar-refractivity contribution is 0.354. The highest BCUT2D eigenvalue weighted by Crippen LogP contribution is 2.20. The number of fused-ring (bicyclic) bond motifs is 1. The van der Waals surface area contributed by atoms with Gasteiger partial charge in [-0.1, -0.05) is 6.07 Å². The first-order valence-electron chi connectivity index (χ1n) is 10.3. The fourth-order valence-corrected chi connectivity index (χ4v) is 4.01. The summed E-state index contributed by atoms with van der Waals surface area (Å²) in [5.41, 5.74) is 0. The Hall–Kier alpha value is -1.91. The van der Waals surface area contributed by atoms with E-state index < -0.39 is 0 Å². The van der Waals surface area contributed by atoms with E-state index in [9.17, 15) is 0 Å². The quantitative estimate of drug-likeness (QED) is 0.385. The van der Waals surface area contributed by atoms with Crippen LogP contribution in [0, 0.1) is 12.8 Å². The number of piperazine rings is 1. The van der Waals surface area contributed by atoms with Crippen LogP contribution < -0.4 is 10.2 Å². The zero-order chi connectivity index (χ0) is 19.3. The number of halogens is 1. The molecule has 0 aliphatic carbocycles. The Morgan fingerprint density at radius 2 is 2.03 bits per heavy atom. The van der Waals surface area contributed by atoms with Crippen LogP contribution >= 0.6 is 24.0 Å². The zero-order valence-corrected chi connectivity index (χ0v) is 19.6. The summed E-state index contributed by atoms with van der Waals surface area (Å²) in [4.78, 5) is 14.2. The van der Waals surface area contributed by atoms with Gasteiger partial charge in [-0.25, -0.2) is 4.98 Å². The Kier molecular flexibility index (Phi) is 7.68. The molecule has 1 unspecified atom stereocenters. The van der Waals surface area contributed by atoms with Gasteiger partial charge in [-0.2, -0.15) is 0 Å². The first kappa shape index (κ1) is 21.8. The van der Waals surface area contributed by atoms with Crippen LogP contribution in [0.5, 0.6) is 0 Å². The fourth-order valence-electron chi connectivity index (χ4n) is 4.01. The topological polar surface area (TPSA) is 74.5 Å². The Morgan fingerprint density at radius 3 is 2.76 bits per heavy atom. The number of pyridine rings is 1. The summed E-state index contributed by atoms with van der Waals surface area (Å²) in [5.74, 6) is 4.78. The predicted molar refractivity (Wildman–Crippen MR) is 126 cm³/mol. The molecule has 158 valence electrons. The van der Waals surface area contributed by atoms with Crippen LogP contribution in [0.15, 0.2) is 29.4 Å². The van der Waals surface area contributed by atoms with E-state index in [2.05, 4.69) is 47.9 Å². The number of aromatic nitrogens is 4. The lowest BCUT2D eigenvalue weighted by Crippen LogP contribution is -2.52. The molecule has 1 N–H and O–H groups in total. The lowest BCUT2D eigenvalue weighted by Gasteiger charge is -2.37. The van der Waals surface area contributed by atoms with Crippen molar-refractivity contribution in [3.63, 3.8) is 0 Å². The summed E-state index contributed by atoms with van der Waals surface area (Å²) in [6.07, 6.45) is 4.00. The van der Waals surface area contributed by atoms with Crippen LogP contribution in [0.25, 0.3) is 0 Å². The van der Waals surface area contributed by atoms with Gasteiger partial charge < -0.3 is 19.7 Å². The molecule has 0 radical (unpaired) electrons. The maximum absolute atomic E-state index is 4.99. The van der Waals surface area contributed by atoms with E-state index in [1.807, 2.05) is 25.3 Å². The molecule has 2 aliphatic rings. The number of hydrogen-bond donors (Lipinski definition) is 1. The van der Waals surface area contributed by atoms with Crippen molar-refractivity contribution in [2.45, 2.75) is 33.2 Å². The van der Waals surface area contributed by atoms with Gasteiger partial charge in [0.25, 0.3) is 0 Å². The summed E-state index contributed by atoms with van der Waals surface area (Å²) < 4.78 is 2.25. The van der Waals surface area contributed by atoms with E-state index in [4.69, 9.17) is 4.99 Å². The third-order valence-electron chi connectivity index (χ3n) is 5.62. The number of anilines is 1. The average molecular weight is 510 g/mol. The minimum Gasteiger partial charge on any atom is -0.357 e. The summed E-state index contributed by atoms with van der Waals surface area (Å²) >= 11 is 0. The Labute approximate surface area is 189 Å². The van der Waals surface area contributed by atoms with Gasteiger partial charge in [0, 0.05) is 58.4 Å². The van der Waals surface area contributed by atoms with Gasteiger partial charge in [0.15, 0.2) is 5.96 Å². The number of nitrogens with one attached hydrogen (secondary N) is 1. The van der Waals surface area contributed by atoms with Crippen molar-refractivity contribution >= 4 is 35.8 Å². The van der Waals surface area contributed by atoms with Gasteiger partial charge in [0.1, 0.15) is 17.5 Å². The van der Waals surface area contributed by atoms with Crippen molar-refractivity contribution in [2.24, 2.45) is 10.9 Å². The van der Waals surface area contributed by atoms with Gasteiger partial charge in [0.05, 0.1) is 0 Å². The molecule has 0 aromatic carbocycles. The van der Waals surface area contributed by atoms with E-state index in [1.54, 1.807) is 0 Å². The molecule has 0 saturated carbocycles. The molecule has 4 rings (SSSR count). The molecule has 2 aromatic heterocycles. The molecule has 0 amide bonds. The van der Waals surface area contributed by atoms with Gasteiger partial charge in [-0.3, -0.25) is 4.99 Å². The standard InChI is InChI=1S/C20H30N8.HI/c1-3-21-20(23-14-17-7-8-19-25-24-16(2)28(19)15-17)27-12-10-26(11-13-27)18-6-4-5-9-22-18;/h4-6,9,17H,3,7-8,10-15H2,1-2H3,(H,21,23);1H. The molecule has 1 fully saturated rings. The summed E-state index contributed by atoms with van der Waals surface area (Å²) in [6.45, 7) is 10.7. The van der Waals surface area contributed by atoms with Gasteiger partial charge in [-0.05, 0) is 38.3 Å². The minimum absolute atomic E-state index is 0. The third-order valence-corrected chi connectivity index (χ3v) is 5.62. The average Bonchev–Trinajstić information content (AvgIpc) is 3.12. The highest BCUT2D eigenvalue weighted by atomic mass is 127. The van der Waals surface area contributed by atoms with Gasteiger partial charge in [0.2, 0.25) is 0 Å². The van der Waals surface area contributed by atoms with Crippen LogP contribution in [-0.4, -0.2) is 69.9 Å². The Morgan fingerprint density at radius 1 is 1.21 bits per heavy atom. The molecule has 4 heterocycles. The monoisotopic (exact) mass is 510 g/mol. The highest BCUT2D eigenvalue weighted by molar-refractivity contribution is 14.0. The molecular formula is C20H31IN8. The summed E-state index contributed by atoms with van der Waals surface area (Å²) in [7, 11) is 0. The molecule has 9 heteroatoms. The van der Waals surface area contributed by atoms with Crippen molar-refractivity contribution in [3.8, 4) is 0 Å². The zero-order valence-electron chi connectivity index (χ0n) is 17.3.